The molecule has 5 rings (SSSR count). The van der Waals surface area contributed by atoms with Gasteiger partial charge in [-0.1, -0.05) is 12.1 Å². The summed E-state index contributed by atoms with van der Waals surface area (Å²) in [5, 5.41) is 8.71. The number of ether oxygens (including phenoxy) is 1. The van der Waals surface area contributed by atoms with Crippen molar-refractivity contribution < 1.29 is 4.74 Å². The normalized spacial score (nSPS) is 28.8. The molecule has 0 unspecified atom stereocenters. The van der Waals surface area contributed by atoms with Gasteiger partial charge >= 0.3 is 0 Å². The standard InChI is InChI=1S/C20H25N3O/c1-13-4-5-17(12-14(13)2)18-6-7-19(22-21-18)24-20-15(3)23-10-8-16(20)9-11-23/h4-7,12,15-16,20H,8-11H2,1-3H3/t15-,20-/m0/s1. The first-order chi connectivity index (χ1) is 11.6. The van der Waals surface area contributed by atoms with Gasteiger partial charge in [-0.25, -0.2) is 0 Å². The van der Waals surface area contributed by atoms with Gasteiger partial charge in [-0.3, -0.25) is 4.90 Å². The van der Waals surface area contributed by atoms with E-state index < -0.39 is 0 Å². The molecule has 0 saturated carbocycles. The van der Waals surface area contributed by atoms with E-state index in [0.717, 1.165) is 11.3 Å². The predicted octanol–water partition coefficient (Wildman–Crippen LogP) is 3.62. The van der Waals surface area contributed by atoms with Crippen LogP contribution in [0.15, 0.2) is 30.3 Å². The molecule has 4 heteroatoms. The van der Waals surface area contributed by atoms with Crippen LogP contribution >= 0.6 is 0 Å². The van der Waals surface area contributed by atoms with Gasteiger partial charge in [0.2, 0.25) is 5.88 Å². The van der Waals surface area contributed by atoms with Crippen molar-refractivity contribution >= 4 is 0 Å². The molecule has 3 aliphatic heterocycles. The van der Waals surface area contributed by atoms with Crippen LogP contribution in [-0.2, 0) is 0 Å². The minimum absolute atomic E-state index is 0.245. The van der Waals surface area contributed by atoms with E-state index in [-0.39, 0.29) is 6.10 Å². The Hall–Kier alpha value is -1.94. The lowest BCUT2D eigenvalue weighted by molar-refractivity contribution is -0.0528. The van der Waals surface area contributed by atoms with Crippen molar-refractivity contribution in [2.75, 3.05) is 13.1 Å². The zero-order valence-corrected chi connectivity index (χ0v) is 14.7. The summed E-state index contributed by atoms with van der Waals surface area (Å²) in [5.74, 6) is 1.31. The van der Waals surface area contributed by atoms with E-state index in [4.69, 9.17) is 4.74 Å². The molecule has 0 aliphatic carbocycles. The Bertz CT molecular complexity index is 718. The summed E-state index contributed by atoms with van der Waals surface area (Å²) >= 11 is 0. The average Bonchev–Trinajstić information content (AvgIpc) is 2.61. The highest BCUT2D eigenvalue weighted by atomic mass is 16.5. The maximum atomic E-state index is 6.22. The Morgan fingerprint density at radius 1 is 1.00 bits per heavy atom. The summed E-state index contributed by atoms with van der Waals surface area (Å²) in [4.78, 5) is 2.53. The van der Waals surface area contributed by atoms with Crippen LogP contribution in [0.5, 0.6) is 5.88 Å². The Morgan fingerprint density at radius 2 is 1.79 bits per heavy atom. The maximum Gasteiger partial charge on any atom is 0.233 e. The molecule has 0 radical (unpaired) electrons. The van der Waals surface area contributed by atoms with Crippen molar-refractivity contribution in [2.45, 2.75) is 45.8 Å². The molecule has 0 spiro atoms. The first-order valence-electron chi connectivity index (χ1n) is 8.94. The van der Waals surface area contributed by atoms with Gasteiger partial charge in [0, 0.05) is 17.7 Å². The van der Waals surface area contributed by atoms with E-state index in [0.29, 0.717) is 17.8 Å². The monoisotopic (exact) mass is 323 g/mol. The Morgan fingerprint density at radius 3 is 2.42 bits per heavy atom. The molecule has 0 amide bonds. The fourth-order valence-corrected chi connectivity index (χ4v) is 4.03. The molecule has 3 aliphatic rings. The molecule has 2 atom stereocenters. The highest BCUT2D eigenvalue weighted by Gasteiger charge is 2.41. The third-order valence-electron chi connectivity index (χ3n) is 5.79. The van der Waals surface area contributed by atoms with Crippen molar-refractivity contribution in [3.63, 3.8) is 0 Å². The maximum absolute atomic E-state index is 6.22. The highest BCUT2D eigenvalue weighted by Crippen LogP contribution is 2.34. The minimum atomic E-state index is 0.245. The molecule has 24 heavy (non-hydrogen) atoms. The molecule has 2 bridgehead atoms. The second-order valence-corrected chi connectivity index (χ2v) is 7.25. The van der Waals surface area contributed by atoms with E-state index in [2.05, 4.69) is 54.1 Å². The molecular formula is C20H25N3O. The Kier molecular flexibility index (Phi) is 4.01. The van der Waals surface area contributed by atoms with Gasteiger partial charge in [-0.05, 0) is 75.9 Å². The lowest BCUT2D eigenvalue weighted by Crippen LogP contribution is -2.58. The van der Waals surface area contributed by atoms with Crippen LogP contribution in [0.1, 0.15) is 30.9 Å². The van der Waals surface area contributed by atoms with Gasteiger partial charge in [-0.15, -0.1) is 10.2 Å². The summed E-state index contributed by atoms with van der Waals surface area (Å²) in [7, 11) is 0. The SMILES string of the molecule is Cc1ccc(-c2ccc(O[C@@H]3C4CCN(CC4)[C@H]3C)nn2)cc1C. The molecule has 2 aromatic rings. The summed E-state index contributed by atoms with van der Waals surface area (Å²) in [6.07, 6.45) is 2.72. The van der Waals surface area contributed by atoms with Gasteiger partial charge in [0.15, 0.2) is 0 Å². The van der Waals surface area contributed by atoms with Crippen LogP contribution < -0.4 is 4.74 Å². The van der Waals surface area contributed by atoms with Crippen LogP contribution in [0.25, 0.3) is 11.3 Å². The van der Waals surface area contributed by atoms with Crippen molar-refractivity contribution in [3.8, 4) is 17.1 Å². The first-order valence-corrected chi connectivity index (χ1v) is 8.94. The van der Waals surface area contributed by atoms with Crippen molar-refractivity contribution in [1.82, 2.24) is 15.1 Å². The molecule has 3 fully saturated rings. The molecule has 1 aromatic carbocycles. The van der Waals surface area contributed by atoms with Crippen LogP contribution in [-0.4, -0.2) is 40.3 Å². The molecular weight excluding hydrogens is 298 g/mol. The first kappa shape index (κ1) is 15.6. The number of hydrogen-bond acceptors (Lipinski definition) is 4. The fraction of sp³-hybridized carbons (Fsp3) is 0.500. The van der Waals surface area contributed by atoms with Gasteiger partial charge in [-0.2, -0.15) is 0 Å². The van der Waals surface area contributed by atoms with Crippen molar-refractivity contribution in [3.05, 3.63) is 41.5 Å². The number of fused-ring (bicyclic) bond motifs is 3. The van der Waals surface area contributed by atoms with E-state index >= 15 is 0 Å². The minimum Gasteiger partial charge on any atom is -0.471 e. The topological polar surface area (TPSA) is 38.2 Å². The summed E-state index contributed by atoms with van der Waals surface area (Å²) in [6, 6.07) is 10.8. The zero-order valence-electron chi connectivity index (χ0n) is 14.7. The molecule has 4 nitrogen and oxygen atoms in total. The zero-order chi connectivity index (χ0) is 16.7. The number of benzene rings is 1. The summed E-state index contributed by atoms with van der Waals surface area (Å²) < 4.78 is 6.22. The van der Waals surface area contributed by atoms with Crippen LogP contribution in [0.3, 0.4) is 0 Å². The molecule has 3 saturated heterocycles. The van der Waals surface area contributed by atoms with E-state index in [1.165, 1.54) is 37.1 Å². The number of aromatic nitrogens is 2. The number of rotatable bonds is 3. The third kappa shape index (κ3) is 2.80. The van der Waals surface area contributed by atoms with Crippen LogP contribution in [0, 0.1) is 19.8 Å². The van der Waals surface area contributed by atoms with E-state index in [9.17, 15) is 0 Å². The second-order valence-electron chi connectivity index (χ2n) is 7.25. The molecule has 126 valence electrons. The molecule has 4 heterocycles. The smallest absolute Gasteiger partial charge is 0.233 e. The Labute approximate surface area is 143 Å². The molecule has 1 aromatic heterocycles. The lowest BCUT2D eigenvalue weighted by atomic mass is 9.81. The average molecular weight is 323 g/mol. The van der Waals surface area contributed by atoms with E-state index in [1.54, 1.807) is 0 Å². The van der Waals surface area contributed by atoms with Crippen LogP contribution in [0.2, 0.25) is 0 Å². The number of hydrogen-bond donors (Lipinski definition) is 0. The van der Waals surface area contributed by atoms with Crippen molar-refractivity contribution in [2.24, 2.45) is 5.92 Å². The number of aryl methyl sites for hydroxylation is 2. The highest BCUT2D eigenvalue weighted by molar-refractivity contribution is 5.60. The number of piperidine rings is 3. The van der Waals surface area contributed by atoms with Crippen molar-refractivity contribution in [1.29, 1.82) is 0 Å². The summed E-state index contributed by atoms with van der Waals surface area (Å²) in [6.45, 7) is 8.94. The van der Waals surface area contributed by atoms with Gasteiger partial charge < -0.3 is 4.74 Å². The fourth-order valence-electron chi connectivity index (χ4n) is 4.03. The van der Waals surface area contributed by atoms with E-state index in [1.807, 2.05) is 12.1 Å². The van der Waals surface area contributed by atoms with Gasteiger partial charge in [0.05, 0.1) is 5.69 Å². The lowest BCUT2D eigenvalue weighted by Gasteiger charge is -2.48. The predicted molar refractivity (Wildman–Crippen MR) is 95.1 cm³/mol. The third-order valence-corrected chi connectivity index (χ3v) is 5.79. The van der Waals surface area contributed by atoms with Crippen LogP contribution in [0.4, 0.5) is 0 Å². The van der Waals surface area contributed by atoms with Gasteiger partial charge in [0.1, 0.15) is 6.10 Å². The number of nitrogens with zero attached hydrogens (tertiary/aromatic N) is 3. The molecule has 0 N–H and O–H groups in total. The van der Waals surface area contributed by atoms with Gasteiger partial charge in [0.25, 0.3) is 0 Å². The quantitative estimate of drug-likeness (QED) is 0.865. The Balaban J connectivity index is 1.50. The second kappa shape index (κ2) is 6.17. The largest absolute Gasteiger partial charge is 0.471 e. The summed E-state index contributed by atoms with van der Waals surface area (Å²) in [5.41, 5.74) is 4.57.